The van der Waals surface area contributed by atoms with Gasteiger partial charge in [-0.15, -0.1) is 0 Å². The van der Waals surface area contributed by atoms with Crippen molar-refractivity contribution in [3.63, 3.8) is 0 Å². The van der Waals surface area contributed by atoms with Crippen LogP contribution in [0, 0.1) is 5.41 Å². The molecule has 0 rings (SSSR count). The van der Waals surface area contributed by atoms with Crippen LogP contribution in [0.1, 0.15) is 33.1 Å². The maximum absolute atomic E-state index is 11.0. The Balaban J connectivity index is 3.58. The van der Waals surface area contributed by atoms with Crippen molar-refractivity contribution < 1.29 is 9.59 Å². The van der Waals surface area contributed by atoms with Crippen molar-refractivity contribution in [1.29, 1.82) is 5.41 Å². The van der Waals surface area contributed by atoms with Crippen molar-refractivity contribution in [1.82, 2.24) is 5.32 Å². The van der Waals surface area contributed by atoms with E-state index in [1.165, 1.54) is 6.92 Å². The third-order valence-corrected chi connectivity index (χ3v) is 1.57. The fourth-order valence-corrected chi connectivity index (χ4v) is 0.767. The van der Waals surface area contributed by atoms with Crippen molar-refractivity contribution in [2.75, 3.05) is 6.54 Å². The van der Waals surface area contributed by atoms with E-state index < -0.39 is 0 Å². The number of rotatable bonds is 6. The van der Waals surface area contributed by atoms with Crippen LogP contribution in [0.2, 0.25) is 0 Å². The second kappa shape index (κ2) is 6.34. The van der Waals surface area contributed by atoms with E-state index in [4.69, 9.17) is 5.41 Å². The minimum absolute atomic E-state index is 0.0169. The van der Waals surface area contributed by atoms with Crippen molar-refractivity contribution in [3.8, 4) is 0 Å². The average molecular weight is 184 g/mol. The molecule has 0 aromatic heterocycles. The van der Waals surface area contributed by atoms with E-state index in [1.807, 2.05) is 6.92 Å². The highest BCUT2D eigenvalue weighted by atomic mass is 16.2. The predicted molar refractivity (Wildman–Crippen MR) is 50.9 cm³/mol. The van der Waals surface area contributed by atoms with E-state index in [2.05, 4.69) is 5.32 Å². The second-order valence-electron chi connectivity index (χ2n) is 2.90. The number of carbonyl (C=O) groups is 2. The first-order valence-electron chi connectivity index (χ1n) is 4.43. The maximum atomic E-state index is 11.0. The largest absolute Gasteiger partial charge is 0.356 e. The zero-order chi connectivity index (χ0) is 10.3. The Hall–Kier alpha value is -1.19. The van der Waals surface area contributed by atoms with Gasteiger partial charge >= 0.3 is 0 Å². The van der Waals surface area contributed by atoms with Crippen LogP contribution in [0.25, 0.3) is 0 Å². The van der Waals surface area contributed by atoms with Gasteiger partial charge in [0.2, 0.25) is 5.91 Å². The van der Waals surface area contributed by atoms with E-state index in [-0.39, 0.29) is 30.2 Å². The Morgan fingerprint density at radius 2 is 1.92 bits per heavy atom. The van der Waals surface area contributed by atoms with Gasteiger partial charge in [-0.05, 0) is 13.3 Å². The number of nitrogens with one attached hydrogen (secondary N) is 2. The molecule has 0 aliphatic rings. The molecular formula is C9H16N2O2. The molecule has 1 amide bonds. The molecule has 0 spiro atoms. The Kier molecular flexibility index (Phi) is 5.76. The lowest BCUT2D eigenvalue weighted by Gasteiger charge is -2.01. The summed E-state index contributed by atoms with van der Waals surface area (Å²) < 4.78 is 0. The van der Waals surface area contributed by atoms with Crippen molar-refractivity contribution in [2.24, 2.45) is 0 Å². The topological polar surface area (TPSA) is 70.0 Å². The number of Topliss-reactive ketones (excluding diaryl/α,β-unsaturated/α-hetero) is 1. The highest BCUT2D eigenvalue weighted by molar-refractivity contribution is 6.37. The average Bonchev–Trinajstić information content (AvgIpc) is 2.10. The van der Waals surface area contributed by atoms with Crippen LogP contribution >= 0.6 is 0 Å². The minimum atomic E-state index is -0.258. The quantitative estimate of drug-likeness (QED) is 0.602. The standard InChI is InChI=1S/C9H16N2O2/c1-3-6-11-9(13)5-4-8(12)7(2)10/h10H,3-6H2,1-2H3,(H,11,13). The third kappa shape index (κ3) is 6.02. The molecule has 0 fully saturated rings. The van der Waals surface area contributed by atoms with E-state index >= 15 is 0 Å². The predicted octanol–water partition coefficient (Wildman–Crippen LogP) is 0.902. The summed E-state index contributed by atoms with van der Waals surface area (Å²) in [7, 11) is 0. The van der Waals surface area contributed by atoms with Gasteiger partial charge in [-0.25, -0.2) is 0 Å². The molecule has 0 saturated carbocycles. The molecule has 4 nitrogen and oxygen atoms in total. The fourth-order valence-electron chi connectivity index (χ4n) is 0.767. The molecule has 0 aliphatic carbocycles. The summed E-state index contributed by atoms with van der Waals surface area (Å²) in [5.74, 6) is -0.372. The third-order valence-electron chi connectivity index (χ3n) is 1.57. The van der Waals surface area contributed by atoms with E-state index in [0.29, 0.717) is 6.54 Å². The first-order valence-corrected chi connectivity index (χ1v) is 4.43. The molecule has 0 saturated heterocycles. The zero-order valence-electron chi connectivity index (χ0n) is 8.14. The van der Waals surface area contributed by atoms with Gasteiger partial charge in [-0.2, -0.15) is 0 Å². The number of hydrogen-bond acceptors (Lipinski definition) is 3. The summed E-state index contributed by atoms with van der Waals surface area (Å²) in [6.07, 6.45) is 1.23. The molecule has 0 heterocycles. The van der Waals surface area contributed by atoms with Crippen LogP contribution in [0.5, 0.6) is 0 Å². The lowest BCUT2D eigenvalue weighted by molar-refractivity contribution is -0.123. The van der Waals surface area contributed by atoms with Crippen molar-refractivity contribution >= 4 is 17.4 Å². The molecule has 74 valence electrons. The molecule has 0 radical (unpaired) electrons. The summed E-state index contributed by atoms with van der Waals surface area (Å²) in [6, 6.07) is 0. The van der Waals surface area contributed by atoms with E-state index in [0.717, 1.165) is 6.42 Å². The lowest BCUT2D eigenvalue weighted by atomic mass is 10.1. The first kappa shape index (κ1) is 11.8. The number of amides is 1. The van der Waals surface area contributed by atoms with Crippen LogP contribution in [0.4, 0.5) is 0 Å². The highest BCUT2D eigenvalue weighted by Crippen LogP contribution is 1.92. The van der Waals surface area contributed by atoms with Gasteiger partial charge in [0.15, 0.2) is 5.78 Å². The fraction of sp³-hybridized carbons (Fsp3) is 0.667. The molecule has 2 N–H and O–H groups in total. The highest BCUT2D eigenvalue weighted by Gasteiger charge is 2.07. The van der Waals surface area contributed by atoms with Gasteiger partial charge in [-0.3, -0.25) is 9.59 Å². The van der Waals surface area contributed by atoms with Gasteiger partial charge in [0.1, 0.15) is 0 Å². The Morgan fingerprint density at radius 1 is 1.31 bits per heavy atom. The maximum Gasteiger partial charge on any atom is 0.220 e. The molecule has 13 heavy (non-hydrogen) atoms. The molecule has 0 atom stereocenters. The van der Waals surface area contributed by atoms with Gasteiger partial charge in [0, 0.05) is 19.4 Å². The molecule has 4 heteroatoms. The molecular weight excluding hydrogens is 168 g/mol. The molecule has 0 aromatic rings. The van der Waals surface area contributed by atoms with Gasteiger partial charge in [0.25, 0.3) is 0 Å². The molecule has 0 unspecified atom stereocenters. The van der Waals surface area contributed by atoms with Crippen LogP contribution in [0.15, 0.2) is 0 Å². The van der Waals surface area contributed by atoms with Crippen LogP contribution in [-0.4, -0.2) is 23.9 Å². The molecule has 0 aromatic carbocycles. The monoisotopic (exact) mass is 184 g/mol. The van der Waals surface area contributed by atoms with Gasteiger partial charge in [-0.1, -0.05) is 6.92 Å². The Morgan fingerprint density at radius 3 is 2.38 bits per heavy atom. The Bertz CT molecular complexity index is 212. The SMILES string of the molecule is CCCNC(=O)CCC(=O)C(C)=N. The molecule has 0 bridgehead atoms. The summed E-state index contributed by atoms with van der Waals surface area (Å²) in [6.45, 7) is 4.05. The summed E-state index contributed by atoms with van der Waals surface area (Å²) in [5, 5.41) is 9.67. The first-order chi connectivity index (χ1) is 6.07. The summed E-state index contributed by atoms with van der Waals surface area (Å²) in [4.78, 5) is 21.9. The summed E-state index contributed by atoms with van der Waals surface area (Å²) in [5.41, 5.74) is 0.0169. The number of ketones is 1. The number of hydrogen-bond donors (Lipinski definition) is 2. The zero-order valence-corrected chi connectivity index (χ0v) is 8.14. The smallest absolute Gasteiger partial charge is 0.220 e. The lowest BCUT2D eigenvalue weighted by Crippen LogP contribution is -2.25. The van der Waals surface area contributed by atoms with Crippen molar-refractivity contribution in [2.45, 2.75) is 33.1 Å². The van der Waals surface area contributed by atoms with Gasteiger partial charge in [0.05, 0.1) is 5.71 Å². The number of carbonyl (C=O) groups excluding carboxylic acids is 2. The van der Waals surface area contributed by atoms with Gasteiger partial charge < -0.3 is 10.7 Å². The second-order valence-corrected chi connectivity index (χ2v) is 2.90. The normalized spacial score (nSPS) is 9.38. The Labute approximate surface area is 78.2 Å². The van der Waals surface area contributed by atoms with Crippen molar-refractivity contribution in [3.05, 3.63) is 0 Å². The van der Waals surface area contributed by atoms with Crippen LogP contribution < -0.4 is 5.32 Å². The summed E-state index contributed by atoms with van der Waals surface area (Å²) >= 11 is 0. The van der Waals surface area contributed by atoms with Crippen LogP contribution in [0.3, 0.4) is 0 Å². The molecule has 0 aliphatic heterocycles. The van der Waals surface area contributed by atoms with E-state index in [9.17, 15) is 9.59 Å². The minimum Gasteiger partial charge on any atom is -0.356 e. The van der Waals surface area contributed by atoms with Crippen LogP contribution in [-0.2, 0) is 9.59 Å². The van der Waals surface area contributed by atoms with E-state index in [1.54, 1.807) is 0 Å².